The second kappa shape index (κ2) is 5.48. The highest BCUT2D eigenvalue weighted by atomic mass is 14.8. The third-order valence-electron chi connectivity index (χ3n) is 1.43. The average molecular weight is 141 g/mol. The fourth-order valence-corrected chi connectivity index (χ4v) is 1.00. The van der Waals surface area contributed by atoms with Crippen LogP contribution in [0, 0.1) is 5.92 Å². The maximum atomic E-state index is 3.16. The van der Waals surface area contributed by atoms with Crippen LogP contribution in [-0.4, -0.2) is 13.6 Å². The number of hydrogen-bond donors (Lipinski definition) is 1. The first kappa shape index (κ1) is 9.70. The minimum absolute atomic E-state index is 0.684. The zero-order valence-electron chi connectivity index (χ0n) is 7.57. The lowest BCUT2D eigenvalue weighted by Gasteiger charge is -2.04. The minimum Gasteiger partial charge on any atom is -0.316 e. The number of nitrogens with one attached hydrogen (secondary N) is 1. The van der Waals surface area contributed by atoms with Gasteiger partial charge in [-0.3, -0.25) is 0 Å². The van der Waals surface area contributed by atoms with E-state index in [4.69, 9.17) is 0 Å². The summed E-state index contributed by atoms with van der Waals surface area (Å²) in [6.45, 7) is 7.66. The summed E-state index contributed by atoms with van der Waals surface area (Å²) in [5, 5.41) is 3.16. The number of likely N-dealkylation sites (N-methyl/N-ethyl adjacent to an activating group) is 1. The molecule has 10 heavy (non-hydrogen) atoms. The summed E-state index contributed by atoms with van der Waals surface area (Å²) in [5.41, 5.74) is 1.51. The van der Waals surface area contributed by atoms with Crippen molar-refractivity contribution in [1.82, 2.24) is 5.32 Å². The van der Waals surface area contributed by atoms with E-state index in [1.54, 1.807) is 0 Å². The summed E-state index contributed by atoms with van der Waals surface area (Å²) in [6, 6.07) is 0. The minimum atomic E-state index is 0.684. The summed E-state index contributed by atoms with van der Waals surface area (Å²) < 4.78 is 0. The average Bonchev–Trinajstić information content (AvgIpc) is 1.86. The second-order valence-electron chi connectivity index (χ2n) is 2.95. The predicted octanol–water partition coefficient (Wildman–Crippen LogP) is 2.20. The first-order chi connectivity index (χ1) is 4.70. The zero-order chi connectivity index (χ0) is 7.98. The van der Waals surface area contributed by atoms with Crippen molar-refractivity contribution in [2.24, 2.45) is 5.92 Å². The van der Waals surface area contributed by atoms with Crippen molar-refractivity contribution in [3.8, 4) is 0 Å². The number of allylic oxidation sites excluding steroid dienone is 1. The van der Waals surface area contributed by atoms with Crippen molar-refractivity contribution < 1.29 is 0 Å². The molecule has 60 valence electrons. The number of rotatable bonds is 4. The SMILES string of the molecule is CCC(=CC(C)C)CNC. The van der Waals surface area contributed by atoms with Gasteiger partial charge in [-0.2, -0.15) is 0 Å². The van der Waals surface area contributed by atoms with E-state index in [0.717, 1.165) is 6.54 Å². The lowest BCUT2D eigenvalue weighted by atomic mass is 10.1. The molecule has 1 nitrogen and oxygen atoms in total. The van der Waals surface area contributed by atoms with Crippen molar-refractivity contribution in [2.75, 3.05) is 13.6 Å². The molecule has 0 aromatic heterocycles. The Morgan fingerprint density at radius 3 is 2.40 bits per heavy atom. The van der Waals surface area contributed by atoms with Crippen molar-refractivity contribution in [2.45, 2.75) is 27.2 Å². The first-order valence-corrected chi connectivity index (χ1v) is 4.04. The van der Waals surface area contributed by atoms with E-state index in [2.05, 4.69) is 32.2 Å². The largest absolute Gasteiger partial charge is 0.316 e. The molecule has 0 unspecified atom stereocenters. The van der Waals surface area contributed by atoms with E-state index in [9.17, 15) is 0 Å². The second-order valence-corrected chi connectivity index (χ2v) is 2.95. The number of hydrogen-bond acceptors (Lipinski definition) is 1. The van der Waals surface area contributed by atoms with E-state index in [1.807, 2.05) is 7.05 Å². The van der Waals surface area contributed by atoms with Crippen LogP contribution in [-0.2, 0) is 0 Å². The molecule has 0 saturated heterocycles. The van der Waals surface area contributed by atoms with Gasteiger partial charge in [0.15, 0.2) is 0 Å². The van der Waals surface area contributed by atoms with Crippen LogP contribution in [0.2, 0.25) is 0 Å². The standard InChI is InChI=1S/C9H19N/c1-5-9(7-10-4)6-8(2)3/h6,8,10H,5,7H2,1-4H3. The molecule has 0 aromatic carbocycles. The molecule has 0 atom stereocenters. The maximum Gasteiger partial charge on any atom is 0.0161 e. The quantitative estimate of drug-likeness (QED) is 0.592. The smallest absolute Gasteiger partial charge is 0.0161 e. The summed E-state index contributed by atoms with van der Waals surface area (Å²) in [7, 11) is 1.99. The lowest BCUT2D eigenvalue weighted by Crippen LogP contribution is -2.10. The van der Waals surface area contributed by atoms with Gasteiger partial charge >= 0.3 is 0 Å². The molecule has 0 amide bonds. The van der Waals surface area contributed by atoms with Gasteiger partial charge in [-0.25, -0.2) is 0 Å². The van der Waals surface area contributed by atoms with E-state index < -0.39 is 0 Å². The Kier molecular flexibility index (Phi) is 5.32. The fraction of sp³-hybridized carbons (Fsp3) is 0.778. The molecule has 0 heterocycles. The Balaban J connectivity index is 3.78. The van der Waals surface area contributed by atoms with Crippen LogP contribution in [0.25, 0.3) is 0 Å². The highest BCUT2D eigenvalue weighted by Crippen LogP contribution is 2.04. The maximum absolute atomic E-state index is 3.16. The summed E-state index contributed by atoms with van der Waals surface area (Å²) in [4.78, 5) is 0. The Morgan fingerprint density at radius 1 is 1.50 bits per heavy atom. The summed E-state index contributed by atoms with van der Waals surface area (Å²) >= 11 is 0. The van der Waals surface area contributed by atoms with Gasteiger partial charge in [-0.1, -0.05) is 32.4 Å². The molecule has 0 spiro atoms. The predicted molar refractivity (Wildman–Crippen MR) is 47.1 cm³/mol. The van der Waals surface area contributed by atoms with Gasteiger partial charge in [-0.15, -0.1) is 0 Å². The fourth-order valence-electron chi connectivity index (χ4n) is 1.00. The Morgan fingerprint density at radius 2 is 2.10 bits per heavy atom. The molecule has 0 saturated carbocycles. The molecule has 1 heteroatoms. The zero-order valence-corrected chi connectivity index (χ0v) is 7.57. The van der Waals surface area contributed by atoms with Gasteiger partial charge in [-0.05, 0) is 19.4 Å². The lowest BCUT2D eigenvalue weighted by molar-refractivity contribution is 0.778. The van der Waals surface area contributed by atoms with E-state index in [0.29, 0.717) is 5.92 Å². The van der Waals surface area contributed by atoms with Crippen LogP contribution in [0.4, 0.5) is 0 Å². The van der Waals surface area contributed by atoms with Gasteiger partial charge in [0.1, 0.15) is 0 Å². The van der Waals surface area contributed by atoms with Crippen LogP contribution < -0.4 is 5.32 Å². The molecule has 0 rings (SSSR count). The van der Waals surface area contributed by atoms with E-state index >= 15 is 0 Å². The van der Waals surface area contributed by atoms with Crippen molar-refractivity contribution >= 4 is 0 Å². The highest BCUT2D eigenvalue weighted by molar-refractivity contribution is 5.04. The molecule has 0 radical (unpaired) electrons. The Hall–Kier alpha value is -0.300. The molecule has 0 fully saturated rings. The van der Waals surface area contributed by atoms with Crippen LogP contribution in [0.15, 0.2) is 11.6 Å². The van der Waals surface area contributed by atoms with E-state index in [-0.39, 0.29) is 0 Å². The van der Waals surface area contributed by atoms with Gasteiger partial charge < -0.3 is 5.32 Å². The Bertz CT molecular complexity index is 103. The molecule has 0 aromatic rings. The molecule has 0 aliphatic rings. The van der Waals surface area contributed by atoms with Gasteiger partial charge in [0, 0.05) is 6.54 Å². The monoisotopic (exact) mass is 141 g/mol. The van der Waals surface area contributed by atoms with Gasteiger partial charge in [0.05, 0.1) is 0 Å². The van der Waals surface area contributed by atoms with Crippen LogP contribution in [0.1, 0.15) is 27.2 Å². The van der Waals surface area contributed by atoms with Crippen LogP contribution in [0.3, 0.4) is 0 Å². The molecule has 1 N–H and O–H groups in total. The molecular weight excluding hydrogens is 122 g/mol. The van der Waals surface area contributed by atoms with Gasteiger partial charge in [0.2, 0.25) is 0 Å². The molecular formula is C9H19N. The Labute approximate surface area is 64.5 Å². The summed E-state index contributed by atoms with van der Waals surface area (Å²) in [6.07, 6.45) is 3.50. The van der Waals surface area contributed by atoms with Crippen molar-refractivity contribution in [3.05, 3.63) is 11.6 Å². The molecule has 0 bridgehead atoms. The molecule has 0 aliphatic carbocycles. The van der Waals surface area contributed by atoms with Crippen LogP contribution >= 0.6 is 0 Å². The van der Waals surface area contributed by atoms with Crippen LogP contribution in [0.5, 0.6) is 0 Å². The molecule has 0 aliphatic heterocycles. The topological polar surface area (TPSA) is 12.0 Å². The van der Waals surface area contributed by atoms with E-state index in [1.165, 1.54) is 12.0 Å². The first-order valence-electron chi connectivity index (χ1n) is 4.04. The highest BCUT2D eigenvalue weighted by Gasteiger charge is 1.93. The van der Waals surface area contributed by atoms with Gasteiger partial charge in [0.25, 0.3) is 0 Å². The third-order valence-corrected chi connectivity index (χ3v) is 1.43. The normalized spacial score (nSPS) is 12.7. The van der Waals surface area contributed by atoms with Crippen molar-refractivity contribution in [1.29, 1.82) is 0 Å². The van der Waals surface area contributed by atoms with Crippen molar-refractivity contribution in [3.63, 3.8) is 0 Å². The summed E-state index contributed by atoms with van der Waals surface area (Å²) in [5.74, 6) is 0.684. The third kappa shape index (κ3) is 4.57.